The number of methoxy groups -OCH3 is 1. The maximum Gasteiger partial charge on any atom is 0.253 e. The van der Waals surface area contributed by atoms with Crippen LogP contribution in [-0.4, -0.2) is 37.0 Å². The van der Waals surface area contributed by atoms with Crippen molar-refractivity contribution < 1.29 is 9.53 Å². The molecule has 0 aromatic heterocycles. The van der Waals surface area contributed by atoms with Gasteiger partial charge in [0.25, 0.3) is 5.91 Å². The predicted octanol–water partition coefficient (Wildman–Crippen LogP) is 5.41. The zero-order valence-electron chi connectivity index (χ0n) is 17.7. The second-order valence-corrected chi connectivity index (χ2v) is 8.36. The first-order valence-corrected chi connectivity index (χ1v) is 11.0. The van der Waals surface area contributed by atoms with Gasteiger partial charge in [-0.1, -0.05) is 60.1 Å². The van der Waals surface area contributed by atoms with E-state index in [0.29, 0.717) is 10.6 Å². The Morgan fingerprint density at radius 2 is 1.87 bits per heavy atom. The van der Waals surface area contributed by atoms with Crippen molar-refractivity contribution in [2.45, 2.75) is 25.4 Å². The molecule has 1 fully saturated rings. The minimum atomic E-state index is -0.0971. The third-order valence-electron chi connectivity index (χ3n) is 5.72. The molecule has 0 radical (unpaired) electrons. The molecular formula is C26H27ClN2O2. The van der Waals surface area contributed by atoms with E-state index in [4.69, 9.17) is 16.3 Å². The molecule has 1 unspecified atom stereocenters. The van der Waals surface area contributed by atoms with E-state index in [1.807, 2.05) is 30.3 Å². The van der Waals surface area contributed by atoms with Crippen LogP contribution in [0.4, 0.5) is 0 Å². The number of halogens is 1. The second-order valence-electron chi connectivity index (χ2n) is 7.96. The van der Waals surface area contributed by atoms with E-state index in [0.717, 1.165) is 43.8 Å². The molecule has 160 valence electrons. The van der Waals surface area contributed by atoms with Crippen molar-refractivity contribution in [1.29, 1.82) is 0 Å². The average molecular weight is 435 g/mol. The third-order valence-corrected chi connectivity index (χ3v) is 6.05. The van der Waals surface area contributed by atoms with E-state index in [2.05, 4.69) is 40.5 Å². The van der Waals surface area contributed by atoms with Crippen LogP contribution in [-0.2, 0) is 6.54 Å². The van der Waals surface area contributed by atoms with Gasteiger partial charge in [-0.3, -0.25) is 9.69 Å². The molecule has 5 heteroatoms. The summed E-state index contributed by atoms with van der Waals surface area (Å²) in [5.41, 5.74) is 4.12. The van der Waals surface area contributed by atoms with Crippen LogP contribution in [0.5, 0.6) is 5.75 Å². The van der Waals surface area contributed by atoms with E-state index < -0.39 is 0 Å². The van der Waals surface area contributed by atoms with Crippen molar-refractivity contribution in [2.75, 3.05) is 20.2 Å². The monoisotopic (exact) mass is 434 g/mol. The summed E-state index contributed by atoms with van der Waals surface area (Å²) in [6.45, 7) is 2.75. The lowest BCUT2D eigenvalue weighted by Crippen LogP contribution is -2.47. The molecule has 31 heavy (non-hydrogen) atoms. The van der Waals surface area contributed by atoms with Crippen LogP contribution in [0, 0.1) is 0 Å². The van der Waals surface area contributed by atoms with Crippen LogP contribution in [0.2, 0.25) is 5.02 Å². The summed E-state index contributed by atoms with van der Waals surface area (Å²) in [6, 6.07) is 24.1. The second kappa shape index (κ2) is 9.99. The van der Waals surface area contributed by atoms with Gasteiger partial charge >= 0.3 is 0 Å². The van der Waals surface area contributed by atoms with Gasteiger partial charge in [0, 0.05) is 19.1 Å². The smallest absolute Gasteiger partial charge is 0.253 e. The largest absolute Gasteiger partial charge is 0.497 e. The molecule has 1 heterocycles. The third kappa shape index (κ3) is 5.46. The maximum atomic E-state index is 12.6. The van der Waals surface area contributed by atoms with E-state index in [-0.39, 0.29) is 11.9 Å². The molecule has 4 nitrogen and oxygen atoms in total. The zero-order chi connectivity index (χ0) is 21.6. The van der Waals surface area contributed by atoms with Crippen molar-refractivity contribution in [1.82, 2.24) is 10.2 Å². The molecule has 1 atom stereocenters. The van der Waals surface area contributed by atoms with Crippen molar-refractivity contribution >= 4 is 17.5 Å². The van der Waals surface area contributed by atoms with E-state index in [1.54, 1.807) is 19.2 Å². The van der Waals surface area contributed by atoms with E-state index in [9.17, 15) is 4.79 Å². The van der Waals surface area contributed by atoms with Crippen molar-refractivity contribution in [3.63, 3.8) is 0 Å². The minimum absolute atomic E-state index is 0.0971. The molecule has 0 aliphatic carbocycles. The van der Waals surface area contributed by atoms with Crippen molar-refractivity contribution in [2.24, 2.45) is 0 Å². The molecule has 4 rings (SSSR count). The summed E-state index contributed by atoms with van der Waals surface area (Å²) >= 11 is 6.17. The molecule has 0 spiro atoms. The Kier molecular flexibility index (Phi) is 6.90. The summed E-state index contributed by atoms with van der Waals surface area (Å²) in [6.07, 6.45) is 2.05. The fourth-order valence-corrected chi connectivity index (χ4v) is 4.31. The van der Waals surface area contributed by atoms with Gasteiger partial charge in [0.1, 0.15) is 5.75 Å². The molecule has 0 saturated carbocycles. The number of nitrogens with zero attached hydrogens (tertiary/aromatic N) is 1. The number of ether oxygens (including phenoxy) is 1. The zero-order valence-corrected chi connectivity index (χ0v) is 18.4. The summed E-state index contributed by atoms with van der Waals surface area (Å²) in [5, 5.41) is 3.65. The van der Waals surface area contributed by atoms with Crippen molar-refractivity contribution in [3.8, 4) is 16.9 Å². The summed E-state index contributed by atoms with van der Waals surface area (Å²) in [7, 11) is 1.69. The van der Waals surface area contributed by atoms with E-state index in [1.165, 1.54) is 11.1 Å². The normalized spacial score (nSPS) is 16.6. The van der Waals surface area contributed by atoms with Gasteiger partial charge in [-0.2, -0.15) is 0 Å². The number of piperidine rings is 1. The van der Waals surface area contributed by atoms with Crippen molar-refractivity contribution in [3.05, 3.63) is 88.9 Å². The number of hydrogen-bond acceptors (Lipinski definition) is 3. The van der Waals surface area contributed by atoms with Crippen LogP contribution >= 0.6 is 11.6 Å². The first-order chi connectivity index (χ1) is 15.1. The number of amides is 1. The van der Waals surface area contributed by atoms with E-state index >= 15 is 0 Å². The van der Waals surface area contributed by atoms with Crippen LogP contribution in [0.25, 0.3) is 11.1 Å². The number of likely N-dealkylation sites (tertiary alicyclic amines) is 1. The van der Waals surface area contributed by atoms with Gasteiger partial charge in [-0.25, -0.2) is 0 Å². The van der Waals surface area contributed by atoms with Crippen LogP contribution in [0.1, 0.15) is 28.8 Å². The lowest BCUT2D eigenvalue weighted by molar-refractivity contribution is 0.0901. The summed E-state index contributed by atoms with van der Waals surface area (Å²) in [4.78, 5) is 15.0. The number of hydrogen-bond donors (Lipinski definition) is 1. The molecule has 1 aliphatic heterocycles. The van der Waals surface area contributed by atoms with Gasteiger partial charge in [-0.15, -0.1) is 0 Å². The highest BCUT2D eigenvalue weighted by Crippen LogP contribution is 2.25. The number of carbonyl (C=O) groups excluding carboxylic acids is 1. The first-order valence-electron chi connectivity index (χ1n) is 10.6. The highest BCUT2D eigenvalue weighted by atomic mass is 35.5. The van der Waals surface area contributed by atoms with Crippen LogP contribution in [0.3, 0.4) is 0 Å². The lowest BCUT2D eigenvalue weighted by atomic mass is 10.0. The number of rotatable bonds is 6. The molecular weight excluding hydrogens is 408 g/mol. The first kappa shape index (κ1) is 21.4. The average Bonchev–Trinajstić information content (AvgIpc) is 2.80. The summed E-state index contributed by atoms with van der Waals surface area (Å²) in [5.74, 6) is 0.764. The molecule has 1 N–H and O–H groups in total. The van der Waals surface area contributed by atoms with Crippen LogP contribution in [0.15, 0.2) is 72.8 Å². The Bertz CT molecular complexity index is 1040. The maximum absolute atomic E-state index is 12.6. The molecule has 3 aromatic carbocycles. The van der Waals surface area contributed by atoms with Crippen LogP contribution < -0.4 is 10.1 Å². The topological polar surface area (TPSA) is 41.6 Å². The Morgan fingerprint density at radius 1 is 1.06 bits per heavy atom. The van der Waals surface area contributed by atoms with Gasteiger partial charge < -0.3 is 10.1 Å². The highest BCUT2D eigenvalue weighted by molar-refractivity contribution is 6.33. The molecule has 1 aliphatic rings. The molecule has 3 aromatic rings. The Balaban J connectivity index is 1.36. The SMILES string of the molecule is COc1cccc(-c2ccc(CN3CCCC(NC(=O)c4ccccc4Cl)C3)cc2)c1. The molecule has 1 amide bonds. The van der Waals surface area contributed by atoms with Gasteiger partial charge in [0.05, 0.1) is 17.7 Å². The number of benzene rings is 3. The lowest BCUT2D eigenvalue weighted by Gasteiger charge is -2.33. The fourth-order valence-electron chi connectivity index (χ4n) is 4.09. The predicted molar refractivity (Wildman–Crippen MR) is 126 cm³/mol. The fraction of sp³-hybridized carbons (Fsp3) is 0.269. The minimum Gasteiger partial charge on any atom is -0.497 e. The Hall–Kier alpha value is -2.82. The Labute approximate surface area is 188 Å². The quantitative estimate of drug-likeness (QED) is 0.564. The highest BCUT2D eigenvalue weighted by Gasteiger charge is 2.22. The van der Waals surface area contributed by atoms with Gasteiger partial charge in [-0.05, 0) is 60.3 Å². The standard InChI is InChI=1S/C26H27ClN2O2/c1-31-23-8-4-6-21(16-23)20-13-11-19(12-14-20)17-29-15-5-7-22(18-29)28-26(30)24-9-2-3-10-25(24)27/h2-4,6,8-14,16,22H,5,7,15,17-18H2,1H3,(H,28,30). The number of carbonyl (C=O) groups is 1. The van der Waals surface area contributed by atoms with Gasteiger partial charge in [0.2, 0.25) is 0 Å². The molecule has 0 bridgehead atoms. The van der Waals surface area contributed by atoms with Gasteiger partial charge in [0.15, 0.2) is 0 Å². The number of nitrogens with one attached hydrogen (secondary N) is 1. The summed E-state index contributed by atoms with van der Waals surface area (Å²) < 4.78 is 5.33. The molecule has 1 saturated heterocycles. The Morgan fingerprint density at radius 3 is 2.65 bits per heavy atom.